The summed E-state index contributed by atoms with van der Waals surface area (Å²) in [7, 11) is 0. The Labute approximate surface area is 266 Å². The van der Waals surface area contributed by atoms with Crippen LogP contribution in [0.5, 0.6) is 0 Å². The second-order valence-electron chi connectivity index (χ2n) is 14.0. The van der Waals surface area contributed by atoms with E-state index in [1.807, 2.05) is 0 Å². The lowest BCUT2D eigenvalue weighted by atomic mass is 9.91. The number of carbonyl (C=O) groups excluding carboxylic acids is 1. The number of hydrogen-bond donors (Lipinski definition) is 5. The molecule has 18 heteroatoms. The SMILES string of the molecule is CC(=O)O[C@@H]1[C@@H](O)[C@@H](O[C@@H](C=NC23CN4CN(CN(C4)C2)C3)[C@@H](CO)O[C@H](O)C=NC23CN4CN(CN(C4)C2)C3)O[C@@H](CO)[C@H]1O. The Morgan fingerprint density at radius 2 is 1.33 bits per heavy atom. The van der Waals surface area contributed by atoms with Crippen LogP contribution in [0.3, 0.4) is 0 Å². The van der Waals surface area contributed by atoms with E-state index >= 15 is 0 Å². The number of carbonyl (C=O) groups is 1. The van der Waals surface area contributed by atoms with Crippen LogP contribution in [0.1, 0.15) is 6.92 Å². The van der Waals surface area contributed by atoms with Gasteiger partial charge in [-0.15, -0.1) is 0 Å². The summed E-state index contributed by atoms with van der Waals surface area (Å²) in [6, 6.07) is 0. The second kappa shape index (κ2) is 12.9. The minimum atomic E-state index is -1.65. The van der Waals surface area contributed by atoms with Crippen molar-refractivity contribution in [3.63, 3.8) is 0 Å². The Bertz CT molecular complexity index is 1110. The van der Waals surface area contributed by atoms with Gasteiger partial charge in [-0.2, -0.15) is 0 Å². The Morgan fingerprint density at radius 1 is 0.848 bits per heavy atom. The summed E-state index contributed by atoms with van der Waals surface area (Å²) in [4.78, 5) is 35.3. The molecule has 0 spiro atoms. The van der Waals surface area contributed by atoms with Gasteiger partial charge in [0.2, 0.25) is 0 Å². The van der Waals surface area contributed by atoms with Gasteiger partial charge in [0.1, 0.15) is 30.5 Å². The smallest absolute Gasteiger partial charge is 0.303 e. The topological polar surface area (TPSA) is 199 Å². The van der Waals surface area contributed by atoms with Crippen LogP contribution in [0, 0.1) is 0 Å². The summed E-state index contributed by atoms with van der Waals surface area (Å²) < 4.78 is 22.9. The Hall–Kier alpha value is -1.75. The average molecular weight is 655 g/mol. The summed E-state index contributed by atoms with van der Waals surface area (Å²) in [6.07, 6.45) is -8.36. The summed E-state index contributed by atoms with van der Waals surface area (Å²) >= 11 is 0. The lowest BCUT2D eigenvalue weighted by molar-refractivity contribution is -0.315. The maximum atomic E-state index is 11.8. The monoisotopic (exact) mass is 654 g/mol. The van der Waals surface area contributed by atoms with E-state index in [0.29, 0.717) is 0 Å². The molecule has 0 radical (unpaired) electrons. The van der Waals surface area contributed by atoms with Crippen molar-refractivity contribution in [3.05, 3.63) is 0 Å². The van der Waals surface area contributed by atoms with Gasteiger partial charge >= 0.3 is 5.97 Å². The van der Waals surface area contributed by atoms with E-state index < -0.39 is 79.5 Å². The van der Waals surface area contributed by atoms with Gasteiger partial charge in [-0.3, -0.25) is 44.2 Å². The van der Waals surface area contributed by atoms with Crippen LogP contribution in [0.2, 0.25) is 0 Å². The molecule has 8 bridgehead atoms. The van der Waals surface area contributed by atoms with E-state index in [1.165, 1.54) is 12.4 Å². The number of esters is 1. The molecular formula is C28H46N8O10. The highest BCUT2D eigenvalue weighted by atomic mass is 16.7. The molecule has 9 fully saturated rings. The predicted molar refractivity (Wildman–Crippen MR) is 158 cm³/mol. The third kappa shape index (κ3) is 6.61. The van der Waals surface area contributed by atoms with Gasteiger partial charge in [-0.05, 0) is 0 Å². The van der Waals surface area contributed by atoms with E-state index in [2.05, 4.69) is 29.4 Å². The second-order valence-corrected chi connectivity index (χ2v) is 14.0. The molecule has 9 saturated heterocycles. The minimum absolute atomic E-state index is 0.393. The Morgan fingerprint density at radius 3 is 1.76 bits per heavy atom. The molecule has 0 aliphatic carbocycles. The van der Waals surface area contributed by atoms with Gasteiger partial charge in [0.15, 0.2) is 18.7 Å². The van der Waals surface area contributed by atoms with Crippen LogP contribution >= 0.6 is 0 Å². The van der Waals surface area contributed by atoms with Crippen molar-refractivity contribution in [2.75, 3.05) is 92.5 Å². The molecule has 8 atom stereocenters. The third-order valence-electron chi connectivity index (χ3n) is 9.75. The van der Waals surface area contributed by atoms with Crippen LogP contribution in [0.15, 0.2) is 9.98 Å². The van der Waals surface area contributed by atoms with E-state index in [1.54, 1.807) is 0 Å². The summed E-state index contributed by atoms with van der Waals surface area (Å²) in [5.74, 6) is -0.747. The molecule has 5 N–H and O–H groups in total. The van der Waals surface area contributed by atoms with Crippen molar-refractivity contribution in [2.45, 2.75) is 67.2 Å². The molecule has 9 rings (SSSR count). The zero-order valence-electron chi connectivity index (χ0n) is 26.0. The summed E-state index contributed by atoms with van der Waals surface area (Å²) in [5, 5.41) is 52.9. The quantitative estimate of drug-likeness (QED) is 0.0759. The molecule has 9 heterocycles. The van der Waals surface area contributed by atoms with E-state index in [4.69, 9.17) is 28.9 Å². The minimum Gasteiger partial charge on any atom is -0.457 e. The lowest BCUT2D eigenvalue weighted by Crippen LogP contribution is -2.75. The fourth-order valence-electron chi connectivity index (χ4n) is 8.37. The standard InChI is InChI=1S/C28H46N8O10/c1-18(39)43-25-23(41)21(5-38)46-26(24(25)42)45-19(2-29-27-6-31-12-32(7-27)14-33(8-27)13-31)20(4-37)44-22(40)3-30-28-9-34-15-35(10-28)17-36(11-28)16-34/h2-3,19-26,37-38,40-42H,4-17H2,1H3/t19-,20+,21-,22-,23+,24+,25-,26-/m0/s1. The van der Waals surface area contributed by atoms with Gasteiger partial charge in [0.25, 0.3) is 0 Å². The molecule has 0 aromatic heterocycles. The van der Waals surface area contributed by atoms with Gasteiger partial charge in [-0.1, -0.05) is 0 Å². The maximum Gasteiger partial charge on any atom is 0.303 e. The van der Waals surface area contributed by atoms with Gasteiger partial charge in [-0.25, -0.2) is 0 Å². The lowest BCUT2D eigenvalue weighted by Gasteiger charge is -2.59. The summed E-state index contributed by atoms with van der Waals surface area (Å²) in [6.45, 7) is 9.68. The van der Waals surface area contributed by atoms with Crippen molar-refractivity contribution in [3.8, 4) is 0 Å². The molecule has 9 aliphatic heterocycles. The molecule has 0 aromatic rings. The van der Waals surface area contributed by atoms with Crippen LogP contribution < -0.4 is 0 Å². The molecule has 9 aliphatic rings. The largest absolute Gasteiger partial charge is 0.457 e. The van der Waals surface area contributed by atoms with Gasteiger partial charge in [0, 0.05) is 52.4 Å². The fourth-order valence-corrected chi connectivity index (χ4v) is 8.37. The highest BCUT2D eigenvalue weighted by Gasteiger charge is 2.51. The number of nitrogens with zero attached hydrogens (tertiary/aromatic N) is 8. The summed E-state index contributed by atoms with van der Waals surface area (Å²) in [5.41, 5.74) is -0.860. The first kappa shape index (κ1) is 32.8. The van der Waals surface area contributed by atoms with E-state index in [-0.39, 0.29) is 0 Å². The third-order valence-corrected chi connectivity index (χ3v) is 9.75. The Kier molecular flexibility index (Phi) is 9.22. The van der Waals surface area contributed by atoms with Crippen LogP contribution in [-0.2, 0) is 23.7 Å². The number of hydrogen-bond acceptors (Lipinski definition) is 18. The van der Waals surface area contributed by atoms with Crippen molar-refractivity contribution < 1.29 is 49.3 Å². The number of aliphatic hydroxyl groups is 5. The van der Waals surface area contributed by atoms with E-state index in [0.717, 1.165) is 86.2 Å². The number of ether oxygens (including phenoxy) is 4. The first-order valence-corrected chi connectivity index (χ1v) is 15.9. The molecule has 0 amide bonds. The maximum absolute atomic E-state index is 11.8. The zero-order valence-corrected chi connectivity index (χ0v) is 26.0. The van der Waals surface area contributed by atoms with Crippen LogP contribution in [-0.4, -0.2) is 226 Å². The molecule has 0 aromatic carbocycles. The van der Waals surface area contributed by atoms with Gasteiger partial charge < -0.3 is 44.5 Å². The zero-order chi connectivity index (χ0) is 32.2. The van der Waals surface area contributed by atoms with Crippen molar-refractivity contribution in [1.29, 1.82) is 0 Å². The van der Waals surface area contributed by atoms with Crippen LogP contribution in [0.25, 0.3) is 0 Å². The average Bonchev–Trinajstić information content (AvgIpc) is 2.99. The van der Waals surface area contributed by atoms with Crippen molar-refractivity contribution in [1.82, 2.24) is 29.4 Å². The molecular weight excluding hydrogens is 608 g/mol. The van der Waals surface area contributed by atoms with Crippen molar-refractivity contribution >= 4 is 18.4 Å². The number of rotatable bonds is 12. The highest BCUT2D eigenvalue weighted by Crippen LogP contribution is 2.33. The van der Waals surface area contributed by atoms with Crippen LogP contribution in [0.4, 0.5) is 0 Å². The number of aliphatic imine (C=N–C) groups is 2. The van der Waals surface area contributed by atoms with E-state index in [9.17, 15) is 30.3 Å². The molecule has 46 heavy (non-hydrogen) atoms. The normalized spacial score (nSPS) is 47.9. The molecule has 0 unspecified atom stereocenters. The number of aliphatic hydroxyl groups excluding tert-OH is 5. The van der Waals surface area contributed by atoms with Gasteiger partial charge in [0.05, 0.1) is 70.5 Å². The fraction of sp³-hybridized carbons (Fsp3) is 0.893. The first-order valence-electron chi connectivity index (χ1n) is 15.9. The Balaban J connectivity index is 1.10. The predicted octanol–water partition coefficient (Wildman–Crippen LogP) is -5.30. The molecule has 0 saturated carbocycles. The first-order chi connectivity index (χ1) is 22.0. The highest BCUT2D eigenvalue weighted by molar-refractivity contribution is 5.66. The molecule has 18 nitrogen and oxygen atoms in total. The molecule has 258 valence electrons. The van der Waals surface area contributed by atoms with Crippen molar-refractivity contribution in [2.24, 2.45) is 9.98 Å².